The van der Waals surface area contributed by atoms with E-state index >= 15 is 0 Å². The van der Waals surface area contributed by atoms with E-state index in [4.69, 9.17) is 33.7 Å². The van der Waals surface area contributed by atoms with Gasteiger partial charge in [-0.25, -0.2) is 0 Å². The van der Waals surface area contributed by atoms with E-state index in [0.717, 1.165) is 5.56 Å². The lowest BCUT2D eigenvalue weighted by Gasteiger charge is -2.12. The average molecular weight is 236 g/mol. The highest BCUT2D eigenvalue weighted by molar-refractivity contribution is 6.37. The first-order valence-electron chi connectivity index (χ1n) is 3.98. The van der Waals surface area contributed by atoms with E-state index in [2.05, 4.69) is 0 Å². The van der Waals surface area contributed by atoms with Gasteiger partial charge in [-0.3, -0.25) is 0 Å². The Bertz CT molecular complexity index is 308. The number of phenolic OH excluding ortho intramolecular Hbond substituents is 1. The minimum atomic E-state index is -0.296. The molecule has 1 aromatic rings. The minimum Gasteiger partial charge on any atom is -0.505 e. The molecular formula is C9H11Cl2NO2. The summed E-state index contributed by atoms with van der Waals surface area (Å²) >= 11 is 11.5. The zero-order chi connectivity index (χ0) is 10.7. The summed E-state index contributed by atoms with van der Waals surface area (Å²) in [6.45, 7) is 0.372. The highest BCUT2D eigenvalue weighted by Gasteiger charge is 2.11. The SMILES string of the molecule is COC[C@H](N)c1cc(Cl)c(O)c(Cl)c1. The molecule has 1 aromatic carbocycles. The summed E-state index contributed by atoms with van der Waals surface area (Å²) in [6, 6.07) is 2.86. The van der Waals surface area contributed by atoms with Gasteiger partial charge in [0.05, 0.1) is 22.7 Å². The van der Waals surface area contributed by atoms with Gasteiger partial charge in [0.25, 0.3) is 0 Å². The average Bonchev–Trinajstić information content (AvgIpc) is 2.13. The van der Waals surface area contributed by atoms with E-state index in [0.29, 0.717) is 6.61 Å². The van der Waals surface area contributed by atoms with Gasteiger partial charge in [-0.1, -0.05) is 23.2 Å². The van der Waals surface area contributed by atoms with Gasteiger partial charge >= 0.3 is 0 Å². The summed E-state index contributed by atoms with van der Waals surface area (Å²) < 4.78 is 4.89. The molecule has 0 bridgehead atoms. The van der Waals surface area contributed by atoms with Crippen molar-refractivity contribution in [2.24, 2.45) is 5.73 Å². The molecular weight excluding hydrogens is 225 g/mol. The Morgan fingerprint density at radius 3 is 2.36 bits per heavy atom. The maximum atomic E-state index is 9.31. The van der Waals surface area contributed by atoms with Crippen LogP contribution in [0.15, 0.2) is 12.1 Å². The number of nitrogens with two attached hydrogens (primary N) is 1. The molecule has 3 nitrogen and oxygen atoms in total. The van der Waals surface area contributed by atoms with Crippen molar-refractivity contribution in [2.75, 3.05) is 13.7 Å². The Kier molecular flexibility index (Phi) is 4.01. The summed E-state index contributed by atoms with van der Waals surface area (Å²) in [4.78, 5) is 0. The van der Waals surface area contributed by atoms with Crippen LogP contribution in [-0.2, 0) is 4.74 Å². The van der Waals surface area contributed by atoms with Gasteiger partial charge in [-0.2, -0.15) is 0 Å². The topological polar surface area (TPSA) is 55.5 Å². The fourth-order valence-electron chi connectivity index (χ4n) is 1.07. The number of rotatable bonds is 3. The third-order valence-corrected chi connectivity index (χ3v) is 2.39. The van der Waals surface area contributed by atoms with Crippen molar-refractivity contribution in [3.63, 3.8) is 0 Å². The second-order valence-corrected chi connectivity index (χ2v) is 3.71. The normalized spacial score (nSPS) is 12.9. The van der Waals surface area contributed by atoms with Gasteiger partial charge < -0.3 is 15.6 Å². The zero-order valence-corrected chi connectivity index (χ0v) is 9.14. The lowest BCUT2D eigenvalue weighted by atomic mass is 10.1. The molecule has 0 heterocycles. The molecule has 0 aromatic heterocycles. The monoisotopic (exact) mass is 235 g/mol. The summed E-state index contributed by atoms with van der Waals surface area (Å²) in [5.74, 6) is -0.123. The largest absolute Gasteiger partial charge is 0.505 e. The predicted octanol–water partition coefficient (Wildman–Crippen LogP) is 2.35. The van der Waals surface area contributed by atoms with E-state index in [-0.39, 0.29) is 21.8 Å². The van der Waals surface area contributed by atoms with Crippen LogP contribution in [-0.4, -0.2) is 18.8 Å². The van der Waals surface area contributed by atoms with Crippen LogP contribution in [0.1, 0.15) is 11.6 Å². The van der Waals surface area contributed by atoms with Gasteiger partial charge in [-0.05, 0) is 17.7 Å². The first-order chi connectivity index (χ1) is 6.56. The highest BCUT2D eigenvalue weighted by Crippen LogP contribution is 2.34. The fraction of sp³-hybridized carbons (Fsp3) is 0.333. The Morgan fingerprint density at radius 2 is 1.93 bits per heavy atom. The van der Waals surface area contributed by atoms with Crippen LogP contribution < -0.4 is 5.73 Å². The third-order valence-electron chi connectivity index (χ3n) is 1.81. The number of benzene rings is 1. The number of halogens is 2. The molecule has 1 atom stereocenters. The van der Waals surface area contributed by atoms with Crippen LogP contribution in [0.2, 0.25) is 10.0 Å². The molecule has 0 aliphatic heterocycles. The van der Waals surface area contributed by atoms with Crippen molar-refractivity contribution in [3.8, 4) is 5.75 Å². The number of hydrogen-bond donors (Lipinski definition) is 2. The van der Waals surface area contributed by atoms with E-state index in [1.807, 2.05) is 0 Å². The number of methoxy groups -OCH3 is 1. The molecule has 0 unspecified atom stereocenters. The summed E-state index contributed by atoms with van der Waals surface area (Å²) in [6.07, 6.45) is 0. The van der Waals surface area contributed by atoms with Gasteiger partial charge in [0, 0.05) is 7.11 Å². The van der Waals surface area contributed by atoms with Gasteiger partial charge in [0.1, 0.15) is 0 Å². The Morgan fingerprint density at radius 1 is 1.43 bits per heavy atom. The number of hydrogen-bond acceptors (Lipinski definition) is 3. The molecule has 0 saturated heterocycles. The third kappa shape index (κ3) is 2.51. The van der Waals surface area contributed by atoms with Crippen LogP contribution in [0.25, 0.3) is 0 Å². The number of phenols is 1. The van der Waals surface area contributed by atoms with Crippen molar-refractivity contribution in [2.45, 2.75) is 6.04 Å². The maximum Gasteiger partial charge on any atom is 0.152 e. The van der Waals surface area contributed by atoms with Crippen molar-refractivity contribution in [1.29, 1.82) is 0 Å². The highest BCUT2D eigenvalue weighted by atomic mass is 35.5. The lowest BCUT2D eigenvalue weighted by Crippen LogP contribution is -2.15. The van der Waals surface area contributed by atoms with Crippen molar-refractivity contribution < 1.29 is 9.84 Å². The Labute approximate surface area is 92.4 Å². The molecule has 14 heavy (non-hydrogen) atoms. The molecule has 0 aliphatic carbocycles. The van der Waals surface area contributed by atoms with Crippen molar-refractivity contribution in [1.82, 2.24) is 0 Å². The summed E-state index contributed by atoms with van der Waals surface area (Å²) in [5, 5.41) is 9.69. The van der Waals surface area contributed by atoms with Crippen LogP contribution in [0.3, 0.4) is 0 Å². The molecule has 0 fully saturated rings. The Hall–Kier alpha value is -0.480. The maximum absolute atomic E-state index is 9.31. The molecule has 0 amide bonds. The molecule has 0 aliphatic rings. The van der Waals surface area contributed by atoms with Crippen molar-refractivity contribution >= 4 is 23.2 Å². The number of ether oxygens (including phenoxy) is 1. The first-order valence-corrected chi connectivity index (χ1v) is 4.74. The lowest BCUT2D eigenvalue weighted by molar-refractivity contribution is 0.181. The second-order valence-electron chi connectivity index (χ2n) is 2.89. The van der Waals surface area contributed by atoms with E-state index in [1.165, 1.54) is 0 Å². The summed E-state index contributed by atoms with van der Waals surface area (Å²) in [5.41, 5.74) is 6.51. The van der Waals surface area contributed by atoms with E-state index in [9.17, 15) is 5.11 Å². The first kappa shape index (κ1) is 11.6. The molecule has 0 saturated carbocycles. The molecule has 3 N–H and O–H groups in total. The zero-order valence-electron chi connectivity index (χ0n) is 7.63. The van der Waals surface area contributed by atoms with Crippen LogP contribution in [0, 0.1) is 0 Å². The smallest absolute Gasteiger partial charge is 0.152 e. The molecule has 0 spiro atoms. The minimum absolute atomic E-state index is 0.123. The van der Waals surface area contributed by atoms with Crippen LogP contribution >= 0.6 is 23.2 Å². The van der Waals surface area contributed by atoms with Crippen LogP contribution in [0.4, 0.5) is 0 Å². The van der Waals surface area contributed by atoms with Gasteiger partial charge in [0.15, 0.2) is 5.75 Å². The molecule has 78 valence electrons. The Balaban J connectivity index is 3.00. The van der Waals surface area contributed by atoms with E-state index < -0.39 is 0 Å². The summed E-state index contributed by atoms with van der Waals surface area (Å²) in [7, 11) is 1.56. The van der Waals surface area contributed by atoms with Crippen molar-refractivity contribution in [3.05, 3.63) is 27.7 Å². The molecule has 5 heteroatoms. The van der Waals surface area contributed by atoms with Crippen LogP contribution in [0.5, 0.6) is 5.75 Å². The van der Waals surface area contributed by atoms with Gasteiger partial charge in [-0.15, -0.1) is 0 Å². The van der Waals surface area contributed by atoms with Gasteiger partial charge in [0.2, 0.25) is 0 Å². The number of aromatic hydroxyl groups is 1. The quantitative estimate of drug-likeness (QED) is 0.846. The predicted molar refractivity (Wildman–Crippen MR) is 56.9 cm³/mol. The standard InChI is InChI=1S/C9H11Cl2NO2/c1-14-4-8(12)5-2-6(10)9(13)7(11)3-5/h2-3,8,13H,4,12H2,1H3/t8-/m0/s1. The molecule has 0 radical (unpaired) electrons. The van der Waals surface area contributed by atoms with E-state index in [1.54, 1.807) is 19.2 Å². The molecule has 1 rings (SSSR count). The fourth-order valence-corrected chi connectivity index (χ4v) is 1.58. The second kappa shape index (κ2) is 4.84.